The van der Waals surface area contributed by atoms with Crippen LogP contribution in [0.5, 0.6) is 0 Å². The summed E-state index contributed by atoms with van der Waals surface area (Å²) in [5.74, 6) is -1.13. The van der Waals surface area contributed by atoms with Crippen molar-refractivity contribution in [2.45, 2.75) is 12.5 Å². The molecule has 0 unspecified atom stereocenters. The predicted octanol–water partition coefficient (Wildman–Crippen LogP) is -0.0498. The Balaban J connectivity index is 1.93. The van der Waals surface area contributed by atoms with Gasteiger partial charge in [0.05, 0.1) is 18.2 Å². The number of urea groups is 1. The highest BCUT2D eigenvalue weighted by Crippen LogP contribution is 2.02. The number of carboxylic acid groups (broad SMARTS) is 1. The highest BCUT2D eigenvalue weighted by Gasteiger charge is 2.21. The van der Waals surface area contributed by atoms with Crippen LogP contribution in [0.1, 0.15) is 5.69 Å². The van der Waals surface area contributed by atoms with Crippen LogP contribution in [-0.2, 0) is 11.2 Å². The van der Waals surface area contributed by atoms with Crippen molar-refractivity contribution >= 4 is 17.7 Å². The maximum atomic E-state index is 11.6. The fourth-order valence-corrected chi connectivity index (χ4v) is 1.46. The summed E-state index contributed by atoms with van der Waals surface area (Å²) >= 11 is 0. The van der Waals surface area contributed by atoms with Gasteiger partial charge >= 0.3 is 12.0 Å². The van der Waals surface area contributed by atoms with Crippen LogP contribution in [-0.4, -0.2) is 43.3 Å². The van der Waals surface area contributed by atoms with E-state index in [1.165, 1.54) is 24.9 Å². The number of hydrogen-bond acceptors (Lipinski definition) is 4. The number of hydrogen-bond donors (Lipinski definition) is 5. The van der Waals surface area contributed by atoms with Crippen LogP contribution in [0.3, 0.4) is 0 Å². The normalized spacial score (nSPS) is 11.8. The second kappa shape index (κ2) is 5.67. The average molecular weight is 264 g/mol. The number of imidazole rings is 1. The van der Waals surface area contributed by atoms with Crippen LogP contribution in [0, 0.1) is 0 Å². The number of anilines is 1. The summed E-state index contributed by atoms with van der Waals surface area (Å²) in [6.45, 7) is 0. The molecular weight excluding hydrogens is 252 g/mol. The van der Waals surface area contributed by atoms with Crippen molar-refractivity contribution in [2.24, 2.45) is 0 Å². The van der Waals surface area contributed by atoms with Gasteiger partial charge in [0.25, 0.3) is 0 Å². The molecule has 2 amide bonds. The second-order valence-electron chi connectivity index (χ2n) is 3.76. The Hall–Kier alpha value is -2.84. The summed E-state index contributed by atoms with van der Waals surface area (Å²) in [7, 11) is 0. The Morgan fingerprint density at radius 1 is 1.42 bits per heavy atom. The number of H-pyrrole nitrogens is 2. The van der Waals surface area contributed by atoms with Gasteiger partial charge in [0.1, 0.15) is 6.04 Å². The zero-order valence-corrected chi connectivity index (χ0v) is 9.75. The molecule has 2 rings (SSSR count). The Labute approximate surface area is 107 Å². The molecule has 0 radical (unpaired) electrons. The van der Waals surface area contributed by atoms with Crippen molar-refractivity contribution in [3.63, 3.8) is 0 Å². The van der Waals surface area contributed by atoms with Crippen molar-refractivity contribution in [2.75, 3.05) is 5.32 Å². The van der Waals surface area contributed by atoms with E-state index in [9.17, 15) is 9.59 Å². The molecule has 0 aliphatic carbocycles. The number of amides is 2. The summed E-state index contributed by atoms with van der Waals surface area (Å²) in [5, 5.41) is 20.0. The highest BCUT2D eigenvalue weighted by molar-refractivity contribution is 5.92. The van der Waals surface area contributed by atoms with Crippen LogP contribution in [0.4, 0.5) is 10.5 Å². The first-order valence-electron chi connectivity index (χ1n) is 5.41. The van der Waals surface area contributed by atoms with Crippen molar-refractivity contribution in [1.82, 2.24) is 25.5 Å². The monoisotopic (exact) mass is 264 g/mol. The molecule has 0 saturated carbocycles. The molecule has 5 N–H and O–H groups in total. The number of aromatic amines is 2. The maximum absolute atomic E-state index is 11.6. The number of nitrogens with one attached hydrogen (secondary N) is 4. The van der Waals surface area contributed by atoms with Crippen LogP contribution in [0.25, 0.3) is 0 Å². The molecule has 9 heteroatoms. The van der Waals surface area contributed by atoms with E-state index in [2.05, 4.69) is 30.8 Å². The minimum Gasteiger partial charge on any atom is -0.480 e. The molecule has 100 valence electrons. The molecule has 2 aromatic heterocycles. The first-order valence-corrected chi connectivity index (χ1v) is 5.41. The molecule has 9 nitrogen and oxygen atoms in total. The van der Waals surface area contributed by atoms with E-state index in [1.54, 1.807) is 0 Å². The SMILES string of the molecule is O=C(Nc1cn[nH]c1)N[C@@H](Cc1cnc[nH]1)C(=O)O. The summed E-state index contributed by atoms with van der Waals surface area (Å²) in [5.41, 5.74) is 1.07. The minimum atomic E-state index is -1.13. The van der Waals surface area contributed by atoms with Gasteiger partial charge < -0.3 is 20.7 Å². The summed E-state index contributed by atoms with van der Waals surface area (Å²) in [6.07, 6.45) is 5.95. The van der Waals surface area contributed by atoms with Gasteiger partial charge in [-0.25, -0.2) is 14.6 Å². The molecule has 0 bridgehead atoms. The van der Waals surface area contributed by atoms with Gasteiger partial charge in [0, 0.05) is 24.5 Å². The number of aliphatic carboxylic acids is 1. The van der Waals surface area contributed by atoms with Crippen molar-refractivity contribution in [1.29, 1.82) is 0 Å². The molecule has 0 aliphatic rings. The summed E-state index contributed by atoms with van der Waals surface area (Å²) in [6, 6.07) is -1.67. The number of rotatable bonds is 5. The molecule has 19 heavy (non-hydrogen) atoms. The number of nitrogens with zero attached hydrogens (tertiary/aromatic N) is 2. The van der Waals surface area contributed by atoms with E-state index in [0.29, 0.717) is 11.4 Å². The van der Waals surface area contributed by atoms with Crippen molar-refractivity contribution in [3.8, 4) is 0 Å². The van der Waals surface area contributed by atoms with Crippen molar-refractivity contribution in [3.05, 3.63) is 30.6 Å². The lowest BCUT2D eigenvalue weighted by atomic mass is 10.2. The summed E-state index contributed by atoms with van der Waals surface area (Å²) in [4.78, 5) is 29.2. The zero-order chi connectivity index (χ0) is 13.7. The third kappa shape index (κ3) is 3.56. The second-order valence-corrected chi connectivity index (χ2v) is 3.76. The fraction of sp³-hybridized carbons (Fsp3) is 0.200. The molecule has 0 fully saturated rings. The molecule has 1 atom stereocenters. The summed E-state index contributed by atoms with van der Waals surface area (Å²) < 4.78 is 0. The van der Waals surface area contributed by atoms with E-state index in [0.717, 1.165) is 0 Å². The number of carbonyl (C=O) groups excluding carboxylic acids is 1. The van der Waals surface area contributed by atoms with Gasteiger partial charge in [-0.2, -0.15) is 5.10 Å². The molecule has 2 aromatic rings. The zero-order valence-electron chi connectivity index (χ0n) is 9.75. The van der Waals surface area contributed by atoms with Crippen LogP contribution in [0.2, 0.25) is 0 Å². The third-order valence-electron chi connectivity index (χ3n) is 2.34. The lowest BCUT2D eigenvalue weighted by Gasteiger charge is -2.13. The molecule has 0 spiro atoms. The first kappa shape index (κ1) is 12.6. The van der Waals surface area contributed by atoms with Gasteiger partial charge in [-0.1, -0.05) is 0 Å². The smallest absolute Gasteiger partial charge is 0.326 e. The van der Waals surface area contributed by atoms with Gasteiger partial charge in [-0.3, -0.25) is 5.10 Å². The molecule has 0 aromatic carbocycles. The van der Waals surface area contributed by atoms with Gasteiger partial charge in [-0.15, -0.1) is 0 Å². The molecular formula is C10H12N6O3. The number of carbonyl (C=O) groups is 2. The van der Waals surface area contributed by atoms with E-state index in [-0.39, 0.29) is 6.42 Å². The van der Waals surface area contributed by atoms with Crippen LogP contribution < -0.4 is 10.6 Å². The standard InChI is InChI=1S/C10H12N6O3/c17-9(18)8(1-6-2-11-5-12-6)16-10(19)15-7-3-13-14-4-7/h2-5,8H,1H2,(H,11,12)(H,13,14)(H,17,18)(H2,15,16,19)/t8-/m0/s1. The van der Waals surface area contributed by atoms with Crippen molar-refractivity contribution < 1.29 is 14.7 Å². The van der Waals surface area contributed by atoms with Gasteiger partial charge in [0.2, 0.25) is 0 Å². The average Bonchev–Trinajstić information content (AvgIpc) is 3.00. The minimum absolute atomic E-state index is 0.119. The van der Waals surface area contributed by atoms with Gasteiger partial charge in [0.15, 0.2) is 0 Å². The Bertz CT molecular complexity index is 536. The quantitative estimate of drug-likeness (QED) is 0.516. The third-order valence-corrected chi connectivity index (χ3v) is 2.34. The highest BCUT2D eigenvalue weighted by atomic mass is 16.4. The van der Waals surface area contributed by atoms with E-state index in [1.807, 2.05) is 0 Å². The Morgan fingerprint density at radius 2 is 2.26 bits per heavy atom. The van der Waals surface area contributed by atoms with E-state index >= 15 is 0 Å². The predicted molar refractivity (Wildman–Crippen MR) is 64.5 cm³/mol. The number of carboxylic acids is 1. The maximum Gasteiger partial charge on any atom is 0.326 e. The topological polar surface area (TPSA) is 136 Å². The molecule has 2 heterocycles. The fourth-order valence-electron chi connectivity index (χ4n) is 1.46. The Kier molecular flexibility index (Phi) is 3.76. The first-order chi connectivity index (χ1) is 9.15. The Morgan fingerprint density at radius 3 is 2.84 bits per heavy atom. The van der Waals surface area contributed by atoms with Crippen LogP contribution >= 0.6 is 0 Å². The van der Waals surface area contributed by atoms with E-state index < -0.39 is 18.0 Å². The van der Waals surface area contributed by atoms with Gasteiger partial charge in [-0.05, 0) is 0 Å². The molecule has 0 saturated heterocycles. The lowest BCUT2D eigenvalue weighted by molar-refractivity contribution is -0.139. The van der Waals surface area contributed by atoms with E-state index in [4.69, 9.17) is 5.11 Å². The van der Waals surface area contributed by atoms with Crippen LogP contribution in [0.15, 0.2) is 24.9 Å². The lowest BCUT2D eigenvalue weighted by Crippen LogP contribution is -2.44. The largest absolute Gasteiger partial charge is 0.480 e. The molecule has 0 aliphatic heterocycles. The number of aromatic nitrogens is 4.